The summed E-state index contributed by atoms with van der Waals surface area (Å²) in [5.41, 5.74) is 2.36. The Labute approximate surface area is 116 Å². The highest BCUT2D eigenvalue weighted by Gasteiger charge is 2.15. The van der Waals surface area contributed by atoms with Crippen molar-refractivity contribution in [2.24, 2.45) is 0 Å². The molecule has 1 atom stereocenters. The van der Waals surface area contributed by atoms with Crippen LogP contribution in [0.2, 0.25) is 0 Å². The largest absolute Gasteiger partial charge is 0.378 e. The lowest BCUT2D eigenvalue weighted by molar-refractivity contribution is -0.131. The summed E-state index contributed by atoms with van der Waals surface area (Å²) in [5, 5.41) is 3.26. The van der Waals surface area contributed by atoms with Crippen LogP contribution in [0.1, 0.15) is 19.4 Å². The molecule has 1 aromatic rings. The second kappa shape index (κ2) is 7.14. The van der Waals surface area contributed by atoms with Crippen LogP contribution in [0.15, 0.2) is 24.3 Å². The van der Waals surface area contributed by atoms with Crippen LogP contribution >= 0.6 is 0 Å². The average Bonchev–Trinajstić information content (AvgIpc) is 2.43. The number of likely N-dealkylation sites (N-methyl/N-ethyl adjacent to an activating group) is 1. The van der Waals surface area contributed by atoms with Crippen LogP contribution in [0.3, 0.4) is 0 Å². The second-order valence-electron chi connectivity index (χ2n) is 5.02. The monoisotopic (exact) mass is 263 g/mol. The molecule has 0 aromatic heterocycles. The topological polar surface area (TPSA) is 35.6 Å². The van der Waals surface area contributed by atoms with Gasteiger partial charge in [0.05, 0.1) is 6.04 Å². The van der Waals surface area contributed by atoms with Crippen molar-refractivity contribution < 1.29 is 4.79 Å². The molecule has 0 fully saturated rings. The summed E-state index contributed by atoms with van der Waals surface area (Å²) >= 11 is 0. The van der Waals surface area contributed by atoms with Crippen molar-refractivity contribution in [3.05, 3.63) is 29.8 Å². The van der Waals surface area contributed by atoms with Gasteiger partial charge in [0.15, 0.2) is 0 Å². The van der Waals surface area contributed by atoms with Gasteiger partial charge >= 0.3 is 0 Å². The Morgan fingerprint density at radius 3 is 2.26 bits per heavy atom. The van der Waals surface area contributed by atoms with Gasteiger partial charge in [0, 0.05) is 39.9 Å². The molecule has 106 valence electrons. The SMILES string of the molecule is CCN(C)C(=O)C(C)NCc1ccc(N(C)C)cc1. The van der Waals surface area contributed by atoms with Crippen molar-refractivity contribution in [1.82, 2.24) is 10.2 Å². The summed E-state index contributed by atoms with van der Waals surface area (Å²) in [5.74, 6) is 0.132. The van der Waals surface area contributed by atoms with Crippen LogP contribution in [0.4, 0.5) is 5.69 Å². The molecular formula is C15H25N3O. The Balaban J connectivity index is 2.50. The minimum Gasteiger partial charge on any atom is -0.378 e. The fourth-order valence-electron chi connectivity index (χ4n) is 1.76. The zero-order valence-electron chi connectivity index (χ0n) is 12.6. The van der Waals surface area contributed by atoms with Gasteiger partial charge < -0.3 is 15.1 Å². The molecule has 0 spiro atoms. The summed E-state index contributed by atoms with van der Waals surface area (Å²) in [6.07, 6.45) is 0. The van der Waals surface area contributed by atoms with Crippen LogP contribution in [-0.2, 0) is 11.3 Å². The Morgan fingerprint density at radius 1 is 1.21 bits per heavy atom. The van der Waals surface area contributed by atoms with E-state index in [-0.39, 0.29) is 11.9 Å². The Morgan fingerprint density at radius 2 is 1.79 bits per heavy atom. The highest BCUT2D eigenvalue weighted by atomic mass is 16.2. The van der Waals surface area contributed by atoms with Crippen LogP contribution < -0.4 is 10.2 Å². The first-order valence-corrected chi connectivity index (χ1v) is 6.70. The van der Waals surface area contributed by atoms with Gasteiger partial charge in [-0.05, 0) is 31.5 Å². The van der Waals surface area contributed by atoms with E-state index in [1.807, 2.05) is 35.0 Å². The van der Waals surface area contributed by atoms with E-state index < -0.39 is 0 Å². The number of benzene rings is 1. The van der Waals surface area contributed by atoms with E-state index in [9.17, 15) is 4.79 Å². The maximum atomic E-state index is 11.9. The van der Waals surface area contributed by atoms with Crippen LogP contribution in [0.5, 0.6) is 0 Å². The standard InChI is InChI=1S/C15H25N3O/c1-6-18(5)15(19)12(2)16-11-13-7-9-14(10-8-13)17(3)4/h7-10,12,16H,6,11H2,1-5H3. The molecule has 4 heteroatoms. The quantitative estimate of drug-likeness (QED) is 0.848. The van der Waals surface area contributed by atoms with Crippen LogP contribution in [0, 0.1) is 0 Å². The number of rotatable bonds is 6. The summed E-state index contributed by atoms with van der Waals surface area (Å²) in [6, 6.07) is 8.19. The molecule has 4 nitrogen and oxygen atoms in total. The molecule has 0 aliphatic rings. The van der Waals surface area contributed by atoms with E-state index in [1.54, 1.807) is 4.90 Å². The van der Waals surface area contributed by atoms with E-state index >= 15 is 0 Å². The summed E-state index contributed by atoms with van der Waals surface area (Å²) in [4.78, 5) is 15.7. The molecule has 1 unspecified atom stereocenters. The predicted octanol–water partition coefficient (Wildman–Crippen LogP) is 1.71. The van der Waals surface area contributed by atoms with E-state index in [1.165, 1.54) is 11.3 Å². The van der Waals surface area contributed by atoms with Crippen molar-refractivity contribution in [3.63, 3.8) is 0 Å². The summed E-state index contributed by atoms with van der Waals surface area (Å²) < 4.78 is 0. The molecule has 0 radical (unpaired) electrons. The van der Waals surface area contributed by atoms with Crippen LogP contribution in [0.25, 0.3) is 0 Å². The number of carbonyl (C=O) groups is 1. The Kier molecular flexibility index (Phi) is 5.83. The third-order valence-electron chi connectivity index (χ3n) is 3.29. The smallest absolute Gasteiger partial charge is 0.239 e. The first-order chi connectivity index (χ1) is 8.95. The molecule has 0 bridgehead atoms. The summed E-state index contributed by atoms with van der Waals surface area (Å²) in [7, 11) is 5.87. The molecule has 0 heterocycles. The number of nitrogens with zero attached hydrogens (tertiary/aromatic N) is 2. The van der Waals surface area contributed by atoms with Gasteiger partial charge in [-0.25, -0.2) is 0 Å². The van der Waals surface area contributed by atoms with Crippen molar-refractivity contribution in [1.29, 1.82) is 0 Å². The van der Waals surface area contributed by atoms with E-state index in [0.29, 0.717) is 6.54 Å². The highest BCUT2D eigenvalue weighted by molar-refractivity contribution is 5.81. The molecule has 0 saturated heterocycles. The maximum Gasteiger partial charge on any atom is 0.239 e. The number of hydrogen-bond donors (Lipinski definition) is 1. The van der Waals surface area contributed by atoms with Gasteiger partial charge in [-0.1, -0.05) is 12.1 Å². The lowest BCUT2D eigenvalue weighted by Crippen LogP contribution is -2.42. The second-order valence-corrected chi connectivity index (χ2v) is 5.02. The van der Waals surface area contributed by atoms with Crippen molar-refractivity contribution in [2.75, 3.05) is 32.6 Å². The molecule has 1 amide bonds. The zero-order valence-corrected chi connectivity index (χ0v) is 12.6. The van der Waals surface area contributed by atoms with Gasteiger partial charge in [0.25, 0.3) is 0 Å². The number of amides is 1. The molecule has 0 aliphatic carbocycles. The molecule has 1 aromatic carbocycles. The molecule has 1 N–H and O–H groups in total. The summed E-state index contributed by atoms with van der Waals surface area (Å²) in [6.45, 7) is 5.33. The average molecular weight is 263 g/mol. The fraction of sp³-hybridized carbons (Fsp3) is 0.533. The van der Waals surface area contributed by atoms with Gasteiger partial charge in [0.1, 0.15) is 0 Å². The number of nitrogens with one attached hydrogen (secondary N) is 1. The molecule has 0 aliphatic heterocycles. The Hall–Kier alpha value is -1.55. The first kappa shape index (κ1) is 15.5. The van der Waals surface area contributed by atoms with E-state index in [2.05, 4.69) is 34.5 Å². The molecule has 1 rings (SSSR count). The predicted molar refractivity (Wildman–Crippen MR) is 80.4 cm³/mol. The van der Waals surface area contributed by atoms with Gasteiger partial charge in [-0.3, -0.25) is 4.79 Å². The number of anilines is 1. The molecular weight excluding hydrogens is 238 g/mol. The van der Waals surface area contributed by atoms with E-state index in [4.69, 9.17) is 0 Å². The van der Waals surface area contributed by atoms with Gasteiger partial charge in [-0.2, -0.15) is 0 Å². The zero-order chi connectivity index (χ0) is 14.4. The van der Waals surface area contributed by atoms with Crippen molar-refractivity contribution in [3.8, 4) is 0 Å². The minimum atomic E-state index is -0.154. The third-order valence-corrected chi connectivity index (χ3v) is 3.29. The molecule has 0 saturated carbocycles. The van der Waals surface area contributed by atoms with Gasteiger partial charge in [0.2, 0.25) is 5.91 Å². The normalized spacial score (nSPS) is 12.1. The van der Waals surface area contributed by atoms with E-state index in [0.717, 1.165) is 6.54 Å². The highest BCUT2D eigenvalue weighted by Crippen LogP contribution is 2.12. The van der Waals surface area contributed by atoms with Gasteiger partial charge in [-0.15, -0.1) is 0 Å². The molecule has 19 heavy (non-hydrogen) atoms. The van der Waals surface area contributed by atoms with Crippen LogP contribution in [-0.4, -0.2) is 44.5 Å². The van der Waals surface area contributed by atoms with Crippen molar-refractivity contribution in [2.45, 2.75) is 26.4 Å². The number of hydrogen-bond acceptors (Lipinski definition) is 3. The fourth-order valence-corrected chi connectivity index (χ4v) is 1.76. The first-order valence-electron chi connectivity index (χ1n) is 6.70. The van der Waals surface area contributed by atoms with Crippen molar-refractivity contribution >= 4 is 11.6 Å². The third kappa shape index (κ3) is 4.56. The maximum absolute atomic E-state index is 11.9. The Bertz CT molecular complexity index is 400. The minimum absolute atomic E-state index is 0.132. The lowest BCUT2D eigenvalue weighted by atomic mass is 10.2. The lowest BCUT2D eigenvalue weighted by Gasteiger charge is -2.20. The number of carbonyl (C=O) groups excluding carboxylic acids is 1.